The molecule has 0 fully saturated rings. The summed E-state index contributed by atoms with van der Waals surface area (Å²) in [5.74, 6) is -0.132. The summed E-state index contributed by atoms with van der Waals surface area (Å²) in [6.07, 6.45) is 0.762. The van der Waals surface area contributed by atoms with Crippen LogP contribution in [-0.2, 0) is 19.7 Å². The summed E-state index contributed by atoms with van der Waals surface area (Å²) in [5.41, 5.74) is 0.935. The number of nitrogens with zero attached hydrogens (tertiary/aromatic N) is 1. The van der Waals surface area contributed by atoms with Crippen molar-refractivity contribution in [2.45, 2.75) is 54.4 Å². The SMILES string of the molecule is CCC(C)Nc1sc(S(=O)(=O)CC)nc1S(=O)(=O)c1ccc(C)cc1. The molecule has 1 unspecified atom stereocenters. The van der Waals surface area contributed by atoms with Crippen molar-refractivity contribution in [2.75, 3.05) is 11.1 Å². The summed E-state index contributed by atoms with van der Waals surface area (Å²) in [4.78, 5) is 4.08. The molecule has 9 heteroatoms. The maximum Gasteiger partial charge on any atom is 0.226 e. The van der Waals surface area contributed by atoms with Crippen LogP contribution in [0, 0.1) is 6.92 Å². The van der Waals surface area contributed by atoms with Gasteiger partial charge in [-0.15, -0.1) is 0 Å². The van der Waals surface area contributed by atoms with Crippen molar-refractivity contribution >= 4 is 36.0 Å². The maximum atomic E-state index is 13.0. The zero-order valence-electron chi connectivity index (χ0n) is 14.6. The maximum absolute atomic E-state index is 13.0. The summed E-state index contributed by atoms with van der Waals surface area (Å²) in [6, 6.07) is 6.40. The smallest absolute Gasteiger partial charge is 0.226 e. The molecule has 25 heavy (non-hydrogen) atoms. The third kappa shape index (κ3) is 4.21. The Morgan fingerprint density at radius 2 is 1.72 bits per heavy atom. The number of anilines is 1. The van der Waals surface area contributed by atoms with Crippen molar-refractivity contribution in [3.63, 3.8) is 0 Å². The van der Waals surface area contributed by atoms with E-state index < -0.39 is 19.7 Å². The molecule has 0 radical (unpaired) electrons. The highest BCUT2D eigenvalue weighted by Gasteiger charge is 2.30. The number of rotatable bonds is 7. The lowest BCUT2D eigenvalue weighted by Gasteiger charge is -2.12. The Labute approximate surface area is 153 Å². The molecular weight excluding hydrogens is 380 g/mol. The standard InChI is InChI=1S/C16H22N2O4S3/c1-5-12(4)17-14-15(18-16(23-14)24(19,20)6-2)25(21,22)13-9-7-11(3)8-10-13/h7-10,12,17H,5-6H2,1-4H3. The molecule has 1 heterocycles. The Hall–Kier alpha value is -1.45. The van der Waals surface area contributed by atoms with Crippen molar-refractivity contribution in [3.8, 4) is 0 Å². The van der Waals surface area contributed by atoms with Gasteiger partial charge in [0, 0.05) is 6.04 Å². The van der Waals surface area contributed by atoms with Crippen LogP contribution in [-0.4, -0.2) is 33.6 Å². The number of nitrogens with one attached hydrogen (secondary N) is 1. The van der Waals surface area contributed by atoms with E-state index in [0.717, 1.165) is 23.3 Å². The topological polar surface area (TPSA) is 93.2 Å². The van der Waals surface area contributed by atoms with Gasteiger partial charge in [0.15, 0.2) is 5.03 Å². The zero-order valence-corrected chi connectivity index (χ0v) is 17.1. The Morgan fingerprint density at radius 1 is 1.12 bits per heavy atom. The Kier molecular flexibility index (Phi) is 5.90. The van der Waals surface area contributed by atoms with Crippen LogP contribution in [0.15, 0.2) is 38.5 Å². The van der Waals surface area contributed by atoms with Gasteiger partial charge in [-0.2, -0.15) is 0 Å². The first kappa shape index (κ1) is 19.9. The minimum Gasteiger partial charge on any atom is -0.372 e. The fourth-order valence-corrected chi connectivity index (χ4v) is 6.07. The number of thiazole rings is 1. The predicted octanol–water partition coefficient (Wildman–Crippen LogP) is 3.29. The van der Waals surface area contributed by atoms with E-state index in [0.29, 0.717) is 0 Å². The van der Waals surface area contributed by atoms with Crippen molar-refractivity contribution in [1.29, 1.82) is 0 Å². The van der Waals surface area contributed by atoms with Crippen LogP contribution in [0.25, 0.3) is 0 Å². The van der Waals surface area contributed by atoms with E-state index in [1.807, 2.05) is 20.8 Å². The van der Waals surface area contributed by atoms with E-state index >= 15 is 0 Å². The molecule has 0 aliphatic heterocycles. The third-order valence-corrected chi connectivity index (χ3v) is 8.80. The second kappa shape index (κ2) is 7.43. The summed E-state index contributed by atoms with van der Waals surface area (Å²) in [7, 11) is -7.50. The van der Waals surface area contributed by atoms with E-state index in [-0.39, 0.29) is 31.1 Å². The molecule has 0 saturated carbocycles. The lowest BCUT2D eigenvalue weighted by Crippen LogP contribution is -2.15. The normalized spacial score (nSPS) is 13.6. The molecule has 6 nitrogen and oxygen atoms in total. The van der Waals surface area contributed by atoms with Gasteiger partial charge < -0.3 is 5.32 Å². The number of aromatic nitrogens is 1. The third-order valence-electron chi connectivity index (χ3n) is 3.80. The first-order chi connectivity index (χ1) is 11.6. The summed E-state index contributed by atoms with van der Waals surface area (Å²) < 4.78 is 50.1. The fourth-order valence-electron chi connectivity index (χ4n) is 1.97. The minimum absolute atomic E-state index is 0.00963. The molecule has 1 N–H and O–H groups in total. The van der Waals surface area contributed by atoms with Crippen LogP contribution in [0.1, 0.15) is 32.8 Å². The summed E-state index contributed by atoms with van der Waals surface area (Å²) in [6.45, 7) is 7.22. The molecule has 0 aliphatic carbocycles. The van der Waals surface area contributed by atoms with Crippen LogP contribution in [0.2, 0.25) is 0 Å². The molecule has 2 aromatic rings. The number of aryl methyl sites for hydroxylation is 1. The number of sulfone groups is 2. The molecule has 2 rings (SSSR count). The van der Waals surface area contributed by atoms with E-state index in [1.54, 1.807) is 12.1 Å². The summed E-state index contributed by atoms with van der Waals surface area (Å²) in [5, 5.41) is 3.11. The number of hydrogen-bond acceptors (Lipinski definition) is 7. The van der Waals surface area contributed by atoms with Crippen LogP contribution in [0.5, 0.6) is 0 Å². The van der Waals surface area contributed by atoms with Gasteiger partial charge >= 0.3 is 0 Å². The van der Waals surface area contributed by atoms with Gasteiger partial charge in [0.2, 0.25) is 24.0 Å². The molecule has 0 amide bonds. The number of hydrogen-bond donors (Lipinski definition) is 1. The van der Waals surface area contributed by atoms with E-state index in [4.69, 9.17) is 0 Å². The largest absolute Gasteiger partial charge is 0.372 e. The molecule has 0 spiro atoms. The first-order valence-electron chi connectivity index (χ1n) is 7.93. The van der Waals surface area contributed by atoms with Crippen molar-refractivity contribution < 1.29 is 16.8 Å². The van der Waals surface area contributed by atoms with Gasteiger partial charge in [0.05, 0.1) is 10.6 Å². The predicted molar refractivity (Wildman–Crippen MR) is 99.8 cm³/mol. The van der Waals surface area contributed by atoms with Gasteiger partial charge in [0.1, 0.15) is 5.00 Å². The molecule has 1 atom stereocenters. The van der Waals surface area contributed by atoms with Crippen LogP contribution < -0.4 is 5.32 Å². The fraction of sp³-hybridized carbons (Fsp3) is 0.438. The second-order valence-electron chi connectivity index (χ2n) is 5.79. The molecule has 1 aromatic carbocycles. The van der Waals surface area contributed by atoms with Gasteiger partial charge in [-0.05, 0) is 32.4 Å². The lowest BCUT2D eigenvalue weighted by molar-refractivity contribution is 0.589. The first-order valence-corrected chi connectivity index (χ1v) is 11.9. The van der Waals surface area contributed by atoms with E-state index in [2.05, 4.69) is 10.3 Å². The highest BCUT2D eigenvalue weighted by atomic mass is 32.2. The Bertz CT molecular complexity index is 946. The molecular formula is C16H22N2O4S3. The van der Waals surface area contributed by atoms with Gasteiger partial charge in [-0.3, -0.25) is 0 Å². The second-order valence-corrected chi connectivity index (χ2v) is 11.1. The molecule has 138 valence electrons. The molecule has 1 aromatic heterocycles. The molecule has 0 saturated heterocycles. The highest BCUT2D eigenvalue weighted by molar-refractivity contribution is 7.94. The Morgan fingerprint density at radius 3 is 2.24 bits per heavy atom. The van der Waals surface area contributed by atoms with Crippen LogP contribution >= 0.6 is 11.3 Å². The monoisotopic (exact) mass is 402 g/mol. The minimum atomic E-state index is -3.92. The van der Waals surface area contributed by atoms with E-state index in [1.165, 1.54) is 19.1 Å². The quantitative estimate of drug-likeness (QED) is 0.764. The Balaban J connectivity index is 2.63. The number of benzene rings is 1. The average molecular weight is 403 g/mol. The summed E-state index contributed by atoms with van der Waals surface area (Å²) >= 11 is 0.870. The van der Waals surface area contributed by atoms with Crippen LogP contribution in [0.4, 0.5) is 5.00 Å². The molecule has 0 bridgehead atoms. The molecule has 0 aliphatic rings. The average Bonchev–Trinajstić information content (AvgIpc) is 3.00. The van der Waals surface area contributed by atoms with Crippen molar-refractivity contribution in [3.05, 3.63) is 29.8 Å². The van der Waals surface area contributed by atoms with Gasteiger partial charge in [0.25, 0.3) is 0 Å². The highest BCUT2D eigenvalue weighted by Crippen LogP contribution is 2.35. The van der Waals surface area contributed by atoms with Crippen molar-refractivity contribution in [1.82, 2.24) is 4.98 Å². The van der Waals surface area contributed by atoms with Gasteiger partial charge in [-0.25, -0.2) is 21.8 Å². The lowest BCUT2D eigenvalue weighted by atomic mass is 10.2. The van der Waals surface area contributed by atoms with Crippen molar-refractivity contribution in [2.24, 2.45) is 0 Å². The zero-order chi connectivity index (χ0) is 18.8. The van der Waals surface area contributed by atoms with Gasteiger partial charge in [-0.1, -0.05) is 42.9 Å². The van der Waals surface area contributed by atoms with Crippen LogP contribution in [0.3, 0.4) is 0 Å². The van der Waals surface area contributed by atoms with E-state index in [9.17, 15) is 16.8 Å².